The van der Waals surface area contributed by atoms with E-state index in [2.05, 4.69) is 14.7 Å². The maximum absolute atomic E-state index is 13.5. The summed E-state index contributed by atoms with van der Waals surface area (Å²) in [7, 11) is -3.65. The molecule has 9 nitrogen and oxygen atoms in total. The zero-order chi connectivity index (χ0) is 26.2. The first-order valence-corrected chi connectivity index (χ1v) is 13.1. The predicted molar refractivity (Wildman–Crippen MR) is 132 cm³/mol. The molecule has 0 aliphatic heterocycles. The SMILES string of the molecule is CCCOC(=O)CC(O)CC(O)C=Cc1c(-c2ccc(F)cc2)nc(NS(C)(=O)=O)nc1C(C)C. The lowest BCUT2D eigenvalue weighted by Gasteiger charge is -2.17. The Morgan fingerprint density at radius 1 is 1.20 bits per heavy atom. The number of nitrogens with one attached hydrogen (secondary N) is 1. The van der Waals surface area contributed by atoms with Gasteiger partial charge in [0.2, 0.25) is 16.0 Å². The number of hydrogen-bond acceptors (Lipinski definition) is 8. The zero-order valence-corrected chi connectivity index (χ0v) is 21.0. The highest BCUT2D eigenvalue weighted by Crippen LogP contribution is 2.31. The topological polar surface area (TPSA) is 139 Å². The molecule has 0 aliphatic carbocycles. The van der Waals surface area contributed by atoms with Crippen LogP contribution >= 0.6 is 0 Å². The minimum atomic E-state index is -3.65. The van der Waals surface area contributed by atoms with Crippen molar-refractivity contribution in [1.29, 1.82) is 0 Å². The van der Waals surface area contributed by atoms with E-state index in [9.17, 15) is 27.8 Å². The average Bonchev–Trinajstić information content (AvgIpc) is 2.75. The lowest BCUT2D eigenvalue weighted by Crippen LogP contribution is -2.21. The second kappa shape index (κ2) is 12.7. The summed E-state index contributed by atoms with van der Waals surface area (Å²) in [5.74, 6) is -1.28. The lowest BCUT2D eigenvalue weighted by atomic mass is 9.97. The van der Waals surface area contributed by atoms with Crippen LogP contribution in [0.2, 0.25) is 0 Å². The second-order valence-corrected chi connectivity index (χ2v) is 10.2. The largest absolute Gasteiger partial charge is 0.466 e. The number of halogens is 1. The van der Waals surface area contributed by atoms with Crippen LogP contribution in [-0.4, -0.2) is 59.6 Å². The Hall–Kier alpha value is -2.89. The molecule has 0 bridgehead atoms. The maximum Gasteiger partial charge on any atom is 0.308 e. The molecule has 0 aliphatic rings. The van der Waals surface area contributed by atoms with Gasteiger partial charge in [-0.3, -0.25) is 9.52 Å². The maximum atomic E-state index is 13.5. The number of sulfonamides is 1. The number of carbonyl (C=O) groups excluding carboxylic acids is 1. The first-order valence-electron chi connectivity index (χ1n) is 11.2. The Labute approximate surface area is 205 Å². The fourth-order valence-corrected chi connectivity index (χ4v) is 3.67. The predicted octanol–water partition coefficient (Wildman–Crippen LogP) is 3.25. The summed E-state index contributed by atoms with van der Waals surface area (Å²) in [4.78, 5) is 20.4. The minimum Gasteiger partial charge on any atom is -0.466 e. The summed E-state index contributed by atoms with van der Waals surface area (Å²) in [6.07, 6.45) is 2.12. The van der Waals surface area contributed by atoms with Crippen molar-refractivity contribution in [2.75, 3.05) is 17.6 Å². The molecule has 1 heterocycles. The first-order chi connectivity index (χ1) is 16.4. The van der Waals surface area contributed by atoms with Crippen molar-refractivity contribution in [1.82, 2.24) is 9.97 Å². The van der Waals surface area contributed by atoms with Crippen LogP contribution in [-0.2, 0) is 19.6 Å². The van der Waals surface area contributed by atoms with Gasteiger partial charge in [-0.05, 0) is 36.6 Å². The summed E-state index contributed by atoms with van der Waals surface area (Å²) in [6.45, 7) is 5.85. The van der Waals surface area contributed by atoms with Gasteiger partial charge in [0.25, 0.3) is 0 Å². The Morgan fingerprint density at radius 3 is 2.43 bits per heavy atom. The van der Waals surface area contributed by atoms with E-state index < -0.39 is 34.0 Å². The molecule has 0 amide bonds. The number of aromatic nitrogens is 2. The number of nitrogens with zero attached hydrogens (tertiary/aromatic N) is 2. The number of rotatable bonds is 12. The highest BCUT2D eigenvalue weighted by Gasteiger charge is 2.20. The molecule has 0 radical (unpaired) electrons. The highest BCUT2D eigenvalue weighted by atomic mass is 32.2. The first kappa shape index (κ1) is 28.3. The Kier molecular flexibility index (Phi) is 10.3. The van der Waals surface area contributed by atoms with E-state index in [0.717, 1.165) is 6.26 Å². The fraction of sp³-hybridized carbons (Fsp3) is 0.458. The number of anilines is 1. The fourth-order valence-electron chi connectivity index (χ4n) is 3.25. The molecule has 0 saturated heterocycles. The Morgan fingerprint density at radius 2 is 1.86 bits per heavy atom. The van der Waals surface area contributed by atoms with Crippen LogP contribution in [0.25, 0.3) is 17.3 Å². The van der Waals surface area contributed by atoms with Crippen LogP contribution in [0, 0.1) is 5.82 Å². The van der Waals surface area contributed by atoms with Gasteiger partial charge in [0.1, 0.15) is 5.82 Å². The second-order valence-electron chi connectivity index (χ2n) is 8.47. The molecule has 2 atom stereocenters. The molecule has 3 N–H and O–H groups in total. The van der Waals surface area contributed by atoms with Crippen molar-refractivity contribution in [3.63, 3.8) is 0 Å². The Bertz CT molecular complexity index is 1140. The lowest BCUT2D eigenvalue weighted by molar-refractivity contribution is -0.146. The summed E-state index contributed by atoms with van der Waals surface area (Å²) in [6, 6.07) is 5.52. The van der Waals surface area contributed by atoms with E-state index in [0.29, 0.717) is 28.9 Å². The summed E-state index contributed by atoms with van der Waals surface area (Å²) in [5, 5.41) is 20.5. The molecule has 11 heteroatoms. The summed E-state index contributed by atoms with van der Waals surface area (Å²) in [5.41, 5.74) is 1.85. The number of esters is 1. The van der Waals surface area contributed by atoms with E-state index in [1.54, 1.807) is 6.08 Å². The van der Waals surface area contributed by atoms with Crippen molar-refractivity contribution < 1.29 is 32.6 Å². The van der Waals surface area contributed by atoms with Crippen LogP contribution in [0.3, 0.4) is 0 Å². The van der Waals surface area contributed by atoms with Crippen molar-refractivity contribution >= 4 is 28.0 Å². The molecule has 0 saturated carbocycles. The molecular formula is C24H32FN3O6S. The molecule has 192 valence electrons. The van der Waals surface area contributed by atoms with Gasteiger partial charge in [-0.15, -0.1) is 0 Å². The van der Waals surface area contributed by atoms with E-state index in [1.807, 2.05) is 20.8 Å². The van der Waals surface area contributed by atoms with E-state index in [-0.39, 0.29) is 31.3 Å². The third kappa shape index (κ3) is 9.35. The van der Waals surface area contributed by atoms with Gasteiger partial charge in [0.15, 0.2) is 0 Å². The van der Waals surface area contributed by atoms with Crippen LogP contribution in [0.5, 0.6) is 0 Å². The number of ether oxygens (including phenoxy) is 1. The monoisotopic (exact) mass is 509 g/mol. The van der Waals surface area contributed by atoms with Crippen molar-refractivity contribution in [2.45, 2.75) is 58.2 Å². The molecule has 35 heavy (non-hydrogen) atoms. The van der Waals surface area contributed by atoms with Crippen LogP contribution < -0.4 is 4.72 Å². The number of aliphatic hydroxyl groups is 2. The molecule has 2 rings (SSSR count). The quantitative estimate of drug-likeness (QED) is 0.371. The van der Waals surface area contributed by atoms with Crippen LogP contribution in [0.1, 0.15) is 57.2 Å². The van der Waals surface area contributed by atoms with E-state index in [4.69, 9.17) is 4.74 Å². The molecule has 0 spiro atoms. The van der Waals surface area contributed by atoms with Gasteiger partial charge in [0, 0.05) is 17.5 Å². The summed E-state index contributed by atoms with van der Waals surface area (Å²) < 4.78 is 44.3. The van der Waals surface area contributed by atoms with Gasteiger partial charge in [-0.1, -0.05) is 32.9 Å². The Balaban J connectivity index is 2.40. The molecule has 1 aromatic carbocycles. The van der Waals surface area contributed by atoms with E-state index in [1.165, 1.54) is 30.3 Å². The highest BCUT2D eigenvalue weighted by molar-refractivity contribution is 7.91. The number of aliphatic hydroxyl groups excluding tert-OH is 2. The van der Waals surface area contributed by atoms with Gasteiger partial charge in [-0.25, -0.2) is 22.8 Å². The molecule has 0 fully saturated rings. The minimum absolute atomic E-state index is 0.102. The summed E-state index contributed by atoms with van der Waals surface area (Å²) >= 11 is 0. The molecular weight excluding hydrogens is 477 g/mol. The van der Waals surface area contributed by atoms with Gasteiger partial charge < -0.3 is 14.9 Å². The smallest absolute Gasteiger partial charge is 0.308 e. The van der Waals surface area contributed by atoms with E-state index >= 15 is 0 Å². The van der Waals surface area contributed by atoms with Gasteiger partial charge >= 0.3 is 5.97 Å². The normalized spacial score (nSPS) is 13.7. The molecule has 1 aromatic heterocycles. The number of carbonyl (C=O) groups is 1. The van der Waals surface area contributed by atoms with Gasteiger partial charge in [-0.2, -0.15) is 0 Å². The molecule has 2 aromatic rings. The van der Waals surface area contributed by atoms with Crippen LogP contribution in [0.15, 0.2) is 30.3 Å². The number of hydrogen-bond donors (Lipinski definition) is 3. The third-order valence-corrected chi connectivity index (χ3v) is 5.34. The average molecular weight is 510 g/mol. The van der Waals surface area contributed by atoms with Crippen molar-refractivity contribution in [3.05, 3.63) is 47.4 Å². The zero-order valence-electron chi connectivity index (χ0n) is 20.2. The standard InChI is InChI=1S/C24H32FN3O6S/c1-5-12-34-21(31)14-19(30)13-18(29)10-11-20-22(15(2)3)26-24(28-35(4,32)33)27-23(20)16-6-8-17(25)9-7-16/h6-11,15,18-19,29-30H,5,12-14H2,1-4H3,(H,26,27,28). The van der Waals surface area contributed by atoms with Crippen molar-refractivity contribution in [2.24, 2.45) is 0 Å². The third-order valence-electron chi connectivity index (χ3n) is 4.78. The van der Waals surface area contributed by atoms with Crippen molar-refractivity contribution in [3.8, 4) is 11.3 Å². The number of benzene rings is 1. The molecule has 2 unspecified atom stereocenters. The van der Waals surface area contributed by atoms with Crippen LogP contribution in [0.4, 0.5) is 10.3 Å². The van der Waals surface area contributed by atoms with Gasteiger partial charge in [0.05, 0.1) is 42.9 Å².